The van der Waals surface area contributed by atoms with Crippen LogP contribution in [0.15, 0.2) is 48.5 Å². The molecule has 0 fully saturated rings. The lowest BCUT2D eigenvalue weighted by atomic mass is 9.89. The number of fused-ring (bicyclic) bond motifs is 1. The van der Waals surface area contributed by atoms with Crippen molar-refractivity contribution in [2.75, 3.05) is 0 Å². The molecule has 0 saturated heterocycles. The van der Waals surface area contributed by atoms with Crippen molar-refractivity contribution < 1.29 is 9.13 Å². The second-order valence-electron chi connectivity index (χ2n) is 6.17. The van der Waals surface area contributed by atoms with Crippen LogP contribution in [-0.4, -0.2) is 5.60 Å². The Labute approximate surface area is 125 Å². The fraction of sp³-hybridized carbons (Fsp3) is 0.333. The lowest BCUT2D eigenvalue weighted by Crippen LogP contribution is -2.39. The molecular formula is C18H20FNO. The van der Waals surface area contributed by atoms with Crippen LogP contribution in [-0.2, 0) is 6.54 Å². The fourth-order valence-corrected chi connectivity index (χ4v) is 2.87. The molecule has 2 nitrogen and oxygen atoms in total. The number of para-hydroxylation sites is 1. The van der Waals surface area contributed by atoms with Gasteiger partial charge in [0.1, 0.15) is 17.2 Å². The smallest absolute Gasteiger partial charge is 0.124 e. The highest BCUT2D eigenvalue weighted by Crippen LogP contribution is 2.39. The summed E-state index contributed by atoms with van der Waals surface area (Å²) in [7, 11) is 0. The maximum absolute atomic E-state index is 13.2. The van der Waals surface area contributed by atoms with Crippen LogP contribution in [0.5, 0.6) is 5.75 Å². The Hall–Kier alpha value is -1.87. The summed E-state index contributed by atoms with van der Waals surface area (Å²) in [5, 5.41) is 3.53. The molecule has 110 valence electrons. The number of nitrogens with one attached hydrogen (secondary N) is 1. The third kappa shape index (κ3) is 3.24. The zero-order valence-electron chi connectivity index (χ0n) is 12.4. The minimum atomic E-state index is -0.200. The molecule has 2 aromatic rings. The Morgan fingerprint density at radius 3 is 2.81 bits per heavy atom. The van der Waals surface area contributed by atoms with E-state index < -0.39 is 0 Å². The summed E-state index contributed by atoms with van der Waals surface area (Å²) in [5.74, 6) is 0.743. The summed E-state index contributed by atoms with van der Waals surface area (Å²) in [6, 6.07) is 15.1. The van der Waals surface area contributed by atoms with E-state index in [2.05, 4.69) is 25.2 Å². The van der Waals surface area contributed by atoms with Gasteiger partial charge in [-0.2, -0.15) is 0 Å². The first-order valence-electron chi connectivity index (χ1n) is 7.29. The number of rotatable bonds is 3. The SMILES string of the molecule is CC1(C)CC(NCc2cccc(F)c2)c2ccccc2O1. The lowest BCUT2D eigenvalue weighted by Gasteiger charge is -2.38. The molecule has 1 heterocycles. The molecule has 0 radical (unpaired) electrons. The first-order chi connectivity index (χ1) is 10.0. The van der Waals surface area contributed by atoms with Crippen molar-refractivity contribution in [3.05, 3.63) is 65.5 Å². The van der Waals surface area contributed by atoms with E-state index in [1.54, 1.807) is 12.1 Å². The van der Waals surface area contributed by atoms with Gasteiger partial charge in [0.15, 0.2) is 0 Å². The fourth-order valence-electron chi connectivity index (χ4n) is 2.87. The van der Waals surface area contributed by atoms with E-state index >= 15 is 0 Å². The maximum atomic E-state index is 13.2. The minimum absolute atomic E-state index is 0.193. The highest BCUT2D eigenvalue weighted by Gasteiger charge is 2.33. The van der Waals surface area contributed by atoms with Gasteiger partial charge in [-0.1, -0.05) is 30.3 Å². The first-order valence-corrected chi connectivity index (χ1v) is 7.29. The van der Waals surface area contributed by atoms with Gasteiger partial charge >= 0.3 is 0 Å². The van der Waals surface area contributed by atoms with Gasteiger partial charge < -0.3 is 10.1 Å². The number of benzene rings is 2. The van der Waals surface area contributed by atoms with Crippen LogP contribution in [0.4, 0.5) is 4.39 Å². The number of hydrogen-bond acceptors (Lipinski definition) is 2. The standard InChI is InChI=1S/C18H20FNO/c1-18(2)11-16(15-8-3-4-9-17(15)21-18)20-12-13-6-5-7-14(19)10-13/h3-10,16,20H,11-12H2,1-2H3. The van der Waals surface area contributed by atoms with Gasteiger partial charge in [-0.3, -0.25) is 0 Å². The van der Waals surface area contributed by atoms with Crippen LogP contribution in [0.1, 0.15) is 37.4 Å². The van der Waals surface area contributed by atoms with Gasteiger partial charge in [0.2, 0.25) is 0 Å². The summed E-state index contributed by atoms with van der Waals surface area (Å²) >= 11 is 0. The molecule has 21 heavy (non-hydrogen) atoms. The Bertz CT molecular complexity index is 639. The van der Waals surface area contributed by atoms with Crippen molar-refractivity contribution in [2.24, 2.45) is 0 Å². The van der Waals surface area contributed by atoms with Crippen molar-refractivity contribution in [1.82, 2.24) is 5.32 Å². The van der Waals surface area contributed by atoms with Crippen molar-refractivity contribution in [3.63, 3.8) is 0 Å². The Kier molecular flexibility index (Phi) is 3.68. The van der Waals surface area contributed by atoms with Crippen LogP contribution >= 0.6 is 0 Å². The van der Waals surface area contributed by atoms with Crippen molar-refractivity contribution in [3.8, 4) is 5.75 Å². The van der Waals surface area contributed by atoms with E-state index in [-0.39, 0.29) is 17.5 Å². The zero-order valence-corrected chi connectivity index (χ0v) is 12.4. The van der Waals surface area contributed by atoms with Crippen LogP contribution < -0.4 is 10.1 Å². The summed E-state index contributed by atoms with van der Waals surface area (Å²) in [4.78, 5) is 0. The zero-order chi connectivity index (χ0) is 14.9. The molecule has 0 aliphatic carbocycles. The molecule has 2 aromatic carbocycles. The molecule has 0 saturated carbocycles. The largest absolute Gasteiger partial charge is 0.487 e. The third-order valence-electron chi connectivity index (χ3n) is 3.82. The average Bonchev–Trinajstić information content (AvgIpc) is 2.44. The second-order valence-corrected chi connectivity index (χ2v) is 6.17. The maximum Gasteiger partial charge on any atom is 0.124 e. The van der Waals surface area contributed by atoms with Crippen LogP contribution in [0.2, 0.25) is 0 Å². The number of halogens is 1. The molecule has 1 unspecified atom stereocenters. The first kappa shape index (κ1) is 14.1. The molecule has 3 heteroatoms. The molecule has 0 amide bonds. The van der Waals surface area contributed by atoms with Crippen molar-refractivity contribution >= 4 is 0 Å². The topological polar surface area (TPSA) is 21.3 Å². The van der Waals surface area contributed by atoms with Crippen molar-refractivity contribution in [2.45, 2.75) is 38.5 Å². The molecule has 1 atom stereocenters. The summed E-state index contributed by atoms with van der Waals surface area (Å²) < 4.78 is 19.3. The molecule has 0 spiro atoms. The molecule has 3 rings (SSSR count). The summed E-state index contributed by atoms with van der Waals surface area (Å²) in [5.41, 5.74) is 1.93. The van der Waals surface area contributed by atoms with E-state index in [1.807, 2.05) is 24.3 Å². The molecule has 1 N–H and O–H groups in total. The van der Waals surface area contributed by atoms with Crippen LogP contribution in [0, 0.1) is 5.82 Å². The lowest BCUT2D eigenvalue weighted by molar-refractivity contribution is 0.0657. The Balaban J connectivity index is 1.78. The monoisotopic (exact) mass is 285 g/mol. The van der Waals surface area contributed by atoms with Gasteiger partial charge in [-0.15, -0.1) is 0 Å². The van der Waals surface area contributed by atoms with Gasteiger partial charge in [0.05, 0.1) is 0 Å². The van der Waals surface area contributed by atoms with E-state index in [0.29, 0.717) is 6.54 Å². The molecule has 1 aliphatic rings. The third-order valence-corrected chi connectivity index (χ3v) is 3.82. The Morgan fingerprint density at radius 2 is 2.00 bits per heavy atom. The van der Waals surface area contributed by atoms with E-state index in [9.17, 15) is 4.39 Å². The second kappa shape index (κ2) is 5.49. The van der Waals surface area contributed by atoms with Gasteiger partial charge in [0.25, 0.3) is 0 Å². The molecule has 0 bridgehead atoms. The predicted octanol–water partition coefficient (Wildman–Crippen LogP) is 4.22. The van der Waals surface area contributed by atoms with E-state index in [0.717, 1.165) is 17.7 Å². The van der Waals surface area contributed by atoms with E-state index in [1.165, 1.54) is 11.6 Å². The Morgan fingerprint density at radius 1 is 1.19 bits per heavy atom. The predicted molar refractivity (Wildman–Crippen MR) is 81.7 cm³/mol. The number of hydrogen-bond donors (Lipinski definition) is 1. The summed E-state index contributed by atoms with van der Waals surface area (Å²) in [6.07, 6.45) is 0.888. The molecular weight excluding hydrogens is 265 g/mol. The quantitative estimate of drug-likeness (QED) is 0.911. The molecule has 1 aliphatic heterocycles. The highest BCUT2D eigenvalue weighted by atomic mass is 19.1. The highest BCUT2D eigenvalue weighted by molar-refractivity contribution is 5.38. The average molecular weight is 285 g/mol. The molecule has 0 aromatic heterocycles. The van der Waals surface area contributed by atoms with Crippen LogP contribution in [0.3, 0.4) is 0 Å². The summed E-state index contributed by atoms with van der Waals surface area (Å²) in [6.45, 7) is 4.84. The van der Waals surface area contributed by atoms with Gasteiger partial charge in [0, 0.05) is 24.6 Å². The minimum Gasteiger partial charge on any atom is -0.487 e. The normalized spacial score (nSPS) is 19.7. The van der Waals surface area contributed by atoms with Crippen LogP contribution in [0.25, 0.3) is 0 Å². The van der Waals surface area contributed by atoms with Crippen molar-refractivity contribution in [1.29, 1.82) is 0 Å². The van der Waals surface area contributed by atoms with E-state index in [4.69, 9.17) is 4.74 Å². The van der Waals surface area contributed by atoms with Gasteiger partial charge in [-0.05, 0) is 37.6 Å². The van der Waals surface area contributed by atoms with Gasteiger partial charge in [-0.25, -0.2) is 4.39 Å². The number of ether oxygens (including phenoxy) is 1.